The lowest BCUT2D eigenvalue weighted by molar-refractivity contribution is -0.123. The lowest BCUT2D eigenvalue weighted by atomic mass is 9.95. The van der Waals surface area contributed by atoms with E-state index in [1.54, 1.807) is 24.3 Å². The summed E-state index contributed by atoms with van der Waals surface area (Å²) in [4.78, 5) is 27.6. The number of benzene rings is 2. The lowest BCUT2D eigenvalue weighted by Gasteiger charge is -2.18. The molecule has 0 aliphatic rings. The number of hydrogen-bond acceptors (Lipinski definition) is 2. The Kier molecular flexibility index (Phi) is 4.74. The average molecular weight is 370 g/mol. The SMILES string of the molecule is CC(C)(C)C(=O)Nc1ccc(NC(=O)c2ccc3[nH]ccc3c2)cc1Cl. The van der Waals surface area contributed by atoms with Gasteiger partial charge in [0.25, 0.3) is 5.91 Å². The summed E-state index contributed by atoms with van der Waals surface area (Å²) in [6.45, 7) is 5.48. The smallest absolute Gasteiger partial charge is 0.255 e. The first kappa shape index (κ1) is 18.0. The molecule has 1 aromatic heterocycles. The van der Waals surface area contributed by atoms with Gasteiger partial charge in [-0.05, 0) is 42.5 Å². The quantitative estimate of drug-likeness (QED) is 0.603. The van der Waals surface area contributed by atoms with E-state index in [4.69, 9.17) is 11.6 Å². The molecule has 0 aliphatic heterocycles. The van der Waals surface area contributed by atoms with Crippen LogP contribution in [0.25, 0.3) is 10.9 Å². The highest BCUT2D eigenvalue weighted by molar-refractivity contribution is 6.34. The predicted octanol–water partition coefficient (Wildman–Crippen LogP) is 5.06. The summed E-state index contributed by atoms with van der Waals surface area (Å²) >= 11 is 6.25. The monoisotopic (exact) mass is 369 g/mol. The fraction of sp³-hybridized carbons (Fsp3) is 0.200. The fourth-order valence-electron chi connectivity index (χ4n) is 2.40. The van der Waals surface area contributed by atoms with Crippen LogP contribution in [0.4, 0.5) is 11.4 Å². The Labute approximate surface area is 156 Å². The van der Waals surface area contributed by atoms with Gasteiger partial charge in [0.05, 0.1) is 10.7 Å². The third-order valence-electron chi connectivity index (χ3n) is 3.97. The molecule has 6 heteroatoms. The predicted molar refractivity (Wildman–Crippen MR) is 106 cm³/mol. The molecule has 0 spiro atoms. The number of anilines is 2. The van der Waals surface area contributed by atoms with Crippen molar-refractivity contribution in [1.29, 1.82) is 0 Å². The van der Waals surface area contributed by atoms with Gasteiger partial charge in [0.2, 0.25) is 5.91 Å². The molecular formula is C20H20ClN3O2. The van der Waals surface area contributed by atoms with E-state index < -0.39 is 5.41 Å². The third-order valence-corrected chi connectivity index (χ3v) is 4.28. The van der Waals surface area contributed by atoms with E-state index in [9.17, 15) is 9.59 Å². The third kappa shape index (κ3) is 3.89. The van der Waals surface area contributed by atoms with E-state index in [2.05, 4.69) is 15.6 Å². The van der Waals surface area contributed by atoms with Crippen molar-refractivity contribution in [3.05, 3.63) is 59.2 Å². The number of hydrogen-bond donors (Lipinski definition) is 3. The van der Waals surface area contributed by atoms with Crippen LogP contribution in [0.2, 0.25) is 5.02 Å². The van der Waals surface area contributed by atoms with E-state index in [1.807, 2.05) is 45.2 Å². The van der Waals surface area contributed by atoms with Crippen molar-refractivity contribution in [3.8, 4) is 0 Å². The van der Waals surface area contributed by atoms with Crippen LogP contribution in [-0.2, 0) is 4.79 Å². The highest BCUT2D eigenvalue weighted by Crippen LogP contribution is 2.28. The molecule has 0 radical (unpaired) electrons. The summed E-state index contributed by atoms with van der Waals surface area (Å²) in [7, 11) is 0. The molecule has 5 nitrogen and oxygen atoms in total. The van der Waals surface area contributed by atoms with Crippen LogP contribution in [-0.4, -0.2) is 16.8 Å². The molecule has 134 valence electrons. The Bertz CT molecular complexity index is 986. The van der Waals surface area contributed by atoms with E-state index in [-0.39, 0.29) is 11.8 Å². The van der Waals surface area contributed by atoms with Gasteiger partial charge in [-0.1, -0.05) is 32.4 Å². The van der Waals surface area contributed by atoms with Crippen LogP contribution >= 0.6 is 11.6 Å². The number of aromatic nitrogens is 1. The number of aromatic amines is 1. The summed E-state index contributed by atoms with van der Waals surface area (Å²) in [6, 6.07) is 12.4. The summed E-state index contributed by atoms with van der Waals surface area (Å²) in [6.07, 6.45) is 1.83. The summed E-state index contributed by atoms with van der Waals surface area (Å²) in [5.41, 5.74) is 2.08. The van der Waals surface area contributed by atoms with Gasteiger partial charge >= 0.3 is 0 Å². The maximum Gasteiger partial charge on any atom is 0.255 e. The van der Waals surface area contributed by atoms with Crippen LogP contribution in [0.5, 0.6) is 0 Å². The Hall–Kier alpha value is -2.79. The number of carbonyl (C=O) groups excluding carboxylic acids is 2. The summed E-state index contributed by atoms with van der Waals surface area (Å²) in [5.74, 6) is -0.355. The Morgan fingerprint density at radius 1 is 1.00 bits per heavy atom. The molecule has 0 saturated carbocycles. The van der Waals surface area contributed by atoms with Gasteiger partial charge in [-0.25, -0.2) is 0 Å². The topological polar surface area (TPSA) is 74.0 Å². The van der Waals surface area contributed by atoms with Gasteiger partial charge in [0.15, 0.2) is 0 Å². The van der Waals surface area contributed by atoms with Crippen molar-refractivity contribution >= 4 is 45.7 Å². The highest BCUT2D eigenvalue weighted by Gasteiger charge is 2.22. The van der Waals surface area contributed by atoms with Crippen molar-refractivity contribution in [2.24, 2.45) is 5.41 Å². The average Bonchev–Trinajstić information content (AvgIpc) is 3.03. The molecule has 0 atom stereocenters. The molecule has 3 aromatic rings. The molecule has 0 bridgehead atoms. The minimum absolute atomic E-state index is 0.129. The maximum absolute atomic E-state index is 12.5. The number of rotatable bonds is 3. The normalized spacial score (nSPS) is 11.4. The number of nitrogens with one attached hydrogen (secondary N) is 3. The van der Waals surface area contributed by atoms with E-state index in [1.165, 1.54) is 0 Å². The van der Waals surface area contributed by atoms with Crippen molar-refractivity contribution in [1.82, 2.24) is 4.98 Å². The minimum Gasteiger partial charge on any atom is -0.361 e. The van der Waals surface area contributed by atoms with E-state index in [0.717, 1.165) is 10.9 Å². The number of carbonyl (C=O) groups is 2. The fourth-order valence-corrected chi connectivity index (χ4v) is 2.63. The van der Waals surface area contributed by atoms with Crippen LogP contribution in [0.3, 0.4) is 0 Å². The number of halogens is 1. The Balaban J connectivity index is 1.74. The van der Waals surface area contributed by atoms with Crippen molar-refractivity contribution in [3.63, 3.8) is 0 Å². The molecular weight excluding hydrogens is 350 g/mol. The van der Waals surface area contributed by atoms with Gasteiger partial charge in [-0.2, -0.15) is 0 Å². The molecule has 1 heterocycles. The number of H-pyrrole nitrogens is 1. The van der Waals surface area contributed by atoms with Gasteiger partial charge in [-0.3, -0.25) is 9.59 Å². The second-order valence-corrected chi connectivity index (χ2v) is 7.54. The molecule has 0 fully saturated rings. The summed E-state index contributed by atoms with van der Waals surface area (Å²) < 4.78 is 0. The second kappa shape index (κ2) is 6.84. The number of fused-ring (bicyclic) bond motifs is 1. The van der Waals surface area contributed by atoms with Crippen molar-refractivity contribution < 1.29 is 9.59 Å². The Morgan fingerprint density at radius 2 is 1.77 bits per heavy atom. The van der Waals surface area contributed by atoms with Crippen molar-refractivity contribution in [2.75, 3.05) is 10.6 Å². The zero-order valence-electron chi connectivity index (χ0n) is 14.8. The minimum atomic E-state index is -0.521. The van der Waals surface area contributed by atoms with Crippen LogP contribution in [0.1, 0.15) is 31.1 Å². The van der Waals surface area contributed by atoms with Gasteiger partial charge in [-0.15, -0.1) is 0 Å². The van der Waals surface area contributed by atoms with Crippen LogP contribution in [0.15, 0.2) is 48.7 Å². The molecule has 3 N–H and O–H groups in total. The van der Waals surface area contributed by atoms with Gasteiger partial charge in [0, 0.05) is 33.8 Å². The highest BCUT2D eigenvalue weighted by atomic mass is 35.5. The molecule has 0 aliphatic carbocycles. The first-order chi connectivity index (χ1) is 12.2. The standard InChI is InChI=1S/C20H20ClN3O2/c1-20(2,3)19(26)24-17-7-5-14(11-15(17)21)23-18(25)13-4-6-16-12(10-13)8-9-22-16/h4-11,22H,1-3H3,(H,23,25)(H,24,26). The van der Waals surface area contributed by atoms with Gasteiger partial charge < -0.3 is 15.6 Å². The lowest BCUT2D eigenvalue weighted by Crippen LogP contribution is -2.27. The van der Waals surface area contributed by atoms with Gasteiger partial charge in [0.1, 0.15) is 0 Å². The van der Waals surface area contributed by atoms with Crippen molar-refractivity contribution in [2.45, 2.75) is 20.8 Å². The largest absolute Gasteiger partial charge is 0.361 e. The first-order valence-electron chi connectivity index (χ1n) is 8.23. The first-order valence-corrected chi connectivity index (χ1v) is 8.61. The van der Waals surface area contributed by atoms with Crippen LogP contribution in [0, 0.1) is 5.41 Å². The molecule has 2 amide bonds. The zero-order chi connectivity index (χ0) is 18.9. The Morgan fingerprint density at radius 3 is 2.46 bits per heavy atom. The molecule has 0 saturated heterocycles. The maximum atomic E-state index is 12.5. The van der Waals surface area contributed by atoms with E-state index >= 15 is 0 Å². The molecule has 26 heavy (non-hydrogen) atoms. The summed E-state index contributed by atoms with van der Waals surface area (Å²) in [5, 5.41) is 6.94. The number of amides is 2. The molecule has 3 rings (SSSR count). The molecule has 0 unspecified atom stereocenters. The zero-order valence-corrected chi connectivity index (χ0v) is 15.6. The van der Waals surface area contributed by atoms with E-state index in [0.29, 0.717) is 22.0 Å². The molecule has 2 aromatic carbocycles. The van der Waals surface area contributed by atoms with Crippen LogP contribution < -0.4 is 10.6 Å². The second-order valence-electron chi connectivity index (χ2n) is 7.13.